The highest BCUT2D eigenvalue weighted by Gasteiger charge is 2.38. The number of carbonyl (C=O) groups excluding carboxylic acids is 3. The van der Waals surface area contributed by atoms with Gasteiger partial charge < -0.3 is 29.8 Å². The first kappa shape index (κ1) is 38.0. The maximum absolute atomic E-state index is 14.5. The van der Waals surface area contributed by atoms with Crippen LogP contribution in [0.3, 0.4) is 0 Å². The lowest BCUT2D eigenvalue weighted by Crippen LogP contribution is -2.64. The van der Waals surface area contributed by atoms with E-state index in [1.54, 1.807) is 32.6 Å². The predicted molar refractivity (Wildman–Crippen MR) is 190 cm³/mol. The monoisotopic (exact) mass is 705 g/mol. The summed E-state index contributed by atoms with van der Waals surface area (Å²) in [5.41, 5.74) is 6.66. The highest BCUT2D eigenvalue weighted by atomic mass is 32.1. The lowest BCUT2D eigenvalue weighted by Gasteiger charge is -2.38. The first-order valence-corrected chi connectivity index (χ1v) is 17.5. The number of benzene rings is 2. The molecule has 4 aromatic rings. The molecule has 0 unspecified atom stereocenters. The number of hydrogen-bond acceptors (Lipinski definition) is 10. The molecule has 4 amide bonds. The van der Waals surface area contributed by atoms with E-state index in [4.69, 9.17) is 9.15 Å². The van der Waals surface area contributed by atoms with Crippen LogP contribution in [-0.4, -0.2) is 74.8 Å². The number of hydrogen-bond donors (Lipinski definition) is 4. The molecule has 268 valence electrons. The van der Waals surface area contributed by atoms with Crippen LogP contribution in [0.25, 0.3) is 0 Å². The van der Waals surface area contributed by atoms with Crippen LogP contribution in [-0.2, 0) is 35.6 Å². The highest BCUT2D eigenvalue weighted by molar-refractivity contribution is 7.09. The van der Waals surface area contributed by atoms with Crippen molar-refractivity contribution in [3.05, 3.63) is 106 Å². The van der Waals surface area contributed by atoms with Crippen molar-refractivity contribution in [3.63, 3.8) is 0 Å². The number of nitrogens with one attached hydrogen (secondary N) is 3. The third kappa shape index (κ3) is 11.4. The van der Waals surface area contributed by atoms with Crippen molar-refractivity contribution in [1.82, 2.24) is 35.9 Å². The molecule has 0 aliphatic heterocycles. The van der Waals surface area contributed by atoms with Crippen molar-refractivity contribution >= 4 is 29.4 Å². The van der Waals surface area contributed by atoms with Gasteiger partial charge in [-0.1, -0.05) is 88.4 Å². The summed E-state index contributed by atoms with van der Waals surface area (Å²) in [6, 6.07) is 16.5. The molecule has 0 bridgehead atoms. The summed E-state index contributed by atoms with van der Waals surface area (Å²) in [7, 11) is 1.59. The van der Waals surface area contributed by atoms with E-state index in [1.165, 1.54) is 22.5 Å². The fourth-order valence-corrected chi connectivity index (χ4v) is 5.62. The first-order chi connectivity index (χ1) is 24.0. The molecule has 0 spiro atoms. The molecule has 0 saturated carbocycles. The molecule has 13 nitrogen and oxygen atoms in total. The molecule has 0 radical (unpaired) electrons. The largest absolute Gasteiger partial charge is 0.448 e. The number of carbonyl (C=O) groups is 3. The number of oxazole rings is 1. The fourth-order valence-electron chi connectivity index (χ4n) is 5.12. The molecule has 0 aliphatic rings. The number of ether oxygens (including phenoxy) is 1. The van der Waals surface area contributed by atoms with Gasteiger partial charge in [0.25, 0.3) is 5.91 Å². The summed E-state index contributed by atoms with van der Waals surface area (Å²) in [4.78, 5) is 51.8. The van der Waals surface area contributed by atoms with Crippen molar-refractivity contribution in [3.8, 4) is 0 Å². The maximum Gasteiger partial charge on any atom is 0.426 e. The number of aromatic nitrogens is 2. The molecule has 14 heteroatoms. The molecular weight excluding hydrogens is 659 g/mol. The lowest BCUT2D eigenvalue weighted by atomic mass is 9.97. The van der Waals surface area contributed by atoms with Gasteiger partial charge in [0, 0.05) is 32.3 Å². The average Bonchev–Trinajstić information content (AvgIpc) is 3.81. The molecule has 0 fully saturated rings. The smallest absolute Gasteiger partial charge is 0.426 e. The van der Waals surface area contributed by atoms with Crippen molar-refractivity contribution in [2.75, 3.05) is 13.6 Å². The van der Waals surface area contributed by atoms with Crippen LogP contribution >= 0.6 is 11.3 Å². The van der Waals surface area contributed by atoms with Gasteiger partial charge in [0.05, 0.1) is 34.8 Å². The minimum absolute atomic E-state index is 0.0568. The molecular formula is C36H47N7O6S. The Balaban J connectivity index is 1.58. The second-order valence-electron chi connectivity index (χ2n) is 12.7. The summed E-state index contributed by atoms with van der Waals surface area (Å²) in [6.45, 7) is 8.18. The molecule has 0 saturated heterocycles. The van der Waals surface area contributed by atoms with E-state index in [0.29, 0.717) is 23.0 Å². The Hall–Kier alpha value is -4.79. The van der Waals surface area contributed by atoms with E-state index >= 15 is 0 Å². The van der Waals surface area contributed by atoms with Crippen molar-refractivity contribution in [2.45, 2.75) is 77.9 Å². The topological polar surface area (TPSA) is 162 Å². The van der Waals surface area contributed by atoms with Crippen molar-refractivity contribution < 1.29 is 28.6 Å². The van der Waals surface area contributed by atoms with Gasteiger partial charge in [0.1, 0.15) is 18.9 Å². The Morgan fingerprint density at radius 1 is 1.00 bits per heavy atom. The number of hydrazine groups is 1. The van der Waals surface area contributed by atoms with Crippen LogP contribution in [0.2, 0.25) is 0 Å². The molecule has 3 atom stereocenters. The van der Waals surface area contributed by atoms with Gasteiger partial charge >= 0.3 is 12.1 Å². The second-order valence-corrected chi connectivity index (χ2v) is 13.6. The van der Waals surface area contributed by atoms with Crippen molar-refractivity contribution in [1.29, 1.82) is 0 Å². The van der Waals surface area contributed by atoms with E-state index in [0.717, 1.165) is 16.1 Å². The zero-order chi connectivity index (χ0) is 36.0. The summed E-state index contributed by atoms with van der Waals surface area (Å²) >= 11 is 1.32. The highest BCUT2D eigenvalue weighted by Crippen LogP contribution is 2.18. The van der Waals surface area contributed by atoms with Gasteiger partial charge in [0.15, 0.2) is 5.89 Å². The molecule has 2 aromatic heterocycles. The minimum Gasteiger partial charge on any atom is -0.448 e. The number of aliphatic hydroxyl groups excluding tert-OH is 1. The van der Waals surface area contributed by atoms with E-state index < -0.39 is 42.1 Å². The lowest BCUT2D eigenvalue weighted by molar-refractivity contribution is -0.143. The fraction of sp³-hybridized carbons (Fsp3) is 0.417. The van der Waals surface area contributed by atoms with Crippen LogP contribution in [0.1, 0.15) is 61.2 Å². The molecule has 4 N–H and O–H groups in total. The van der Waals surface area contributed by atoms with Crippen molar-refractivity contribution in [2.24, 2.45) is 5.92 Å². The van der Waals surface area contributed by atoms with E-state index in [-0.39, 0.29) is 32.0 Å². The second kappa shape index (κ2) is 18.8. The van der Waals surface area contributed by atoms with Gasteiger partial charge in [0.2, 0.25) is 0 Å². The van der Waals surface area contributed by atoms with Gasteiger partial charge in [-0.2, -0.15) is 0 Å². The Bertz CT molecular complexity index is 1620. The zero-order valence-electron chi connectivity index (χ0n) is 29.1. The normalized spacial score (nSPS) is 13.0. The minimum atomic E-state index is -1.14. The molecule has 4 rings (SSSR count). The van der Waals surface area contributed by atoms with E-state index in [2.05, 4.69) is 26.0 Å². The van der Waals surface area contributed by atoms with E-state index in [1.807, 2.05) is 74.5 Å². The third-order valence-electron chi connectivity index (χ3n) is 7.89. The average molecular weight is 706 g/mol. The Morgan fingerprint density at radius 2 is 1.68 bits per heavy atom. The van der Waals surface area contributed by atoms with Crippen LogP contribution in [0.15, 0.2) is 83.1 Å². The summed E-state index contributed by atoms with van der Waals surface area (Å²) in [6.07, 6.45) is 1.25. The number of rotatable bonds is 16. The predicted octanol–water partition coefficient (Wildman–Crippen LogP) is 4.85. The van der Waals surface area contributed by atoms with Gasteiger partial charge in [-0.05, 0) is 23.5 Å². The van der Waals surface area contributed by atoms with E-state index in [9.17, 15) is 19.5 Å². The van der Waals surface area contributed by atoms with Gasteiger partial charge in [-0.15, -0.1) is 11.3 Å². The zero-order valence-corrected chi connectivity index (χ0v) is 29.9. The quantitative estimate of drug-likeness (QED) is 0.119. The standard InChI is InChI=1S/C36H47N7O6S/c1-24(2)32(40-35(46)42(5)20-28-21-48-33(39-28)25(3)4)34(45)43(41-36(47)49-22-29-18-38-23-50-29)30(16-26-12-8-6-9-13-26)31(44)19-37-17-27-14-10-7-11-15-27/h6-15,18,21,23-25,30-32,37,44H,16-17,19-20,22H2,1-5H3,(H,40,46)(H,41,47)/t30-,31-,32-/m0/s1. The third-order valence-corrected chi connectivity index (χ3v) is 8.64. The Kier molecular flexibility index (Phi) is 14.3. The molecule has 2 aromatic carbocycles. The maximum atomic E-state index is 14.5. The Labute approximate surface area is 297 Å². The van der Waals surface area contributed by atoms with Crippen LogP contribution < -0.4 is 16.1 Å². The summed E-state index contributed by atoms with van der Waals surface area (Å²) in [5, 5.41) is 18.9. The number of nitrogens with zero attached hydrogens (tertiary/aromatic N) is 4. The number of aliphatic hydroxyl groups is 1. The number of thiazole rings is 1. The van der Waals surface area contributed by atoms with Crippen LogP contribution in [0.5, 0.6) is 0 Å². The van der Waals surface area contributed by atoms with Crippen LogP contribution in [0, 0.1) is 5.92 Å². The van der Waals surface area contributed by atoms with Gasteiger partial charge in [-0.3, -0.25) is 9.78 Å². The molecule has 50 heavy (non-hydrogen) atoms. The molecule has 0 aliphatic carbocycles. The Morgan fingerprint density at radius 3 is 2.28 bits per heavy atom. The van der Waals surface area contributed by atoms with Crippen LogP contribution in [0.4, 0.5) is 9.59 Å². The molecule has 2 heterocycles. The summed E-state index contributed by atoms with van der Waals surface area (Å²) in [5.74, 6) is -0.370. The number of amides is 4. The SMILES string of the molecule is CC(C)c1nc(CN(C)C(=O)N[C@H](C(=O)N(NC(=O)OCc2cncs2)[C@@H](Cc2ccccc2)[C@@H](O)CNCc2ccccc2)C(C)C)co1. The van der Waals surface area contributed by atoms with Gasteiger partial charge in [-0.25, -0.2) is 25.0 Å². The number of urea groups is 1. The first-order valence-electron chi connectivity index (χ1n) is 16.6. The summed E-state index contributed by atoms with van der Waals surface area (Å²) < 4.78 is 11.0.